The highest BCUT2D eigenvalue weighted by molar-refractivity contribution is 7.89. The van der Waals surface area contributed by atoms with Crippen LogP contribution in [0, 0.1) is 11.7 Å². The fourth-order valence-electron chi connectivity index (χ4n) is 4.99. The number of halogens is 1. The third-order valence-corrected chi connectivity index (χ3v) is 9.06. The summed E-state index contributed by atoms with van der Waals surface area (Å²) in [5.74, 6) is -0.911. The maximum atomic E-state index is 13.7. The van der Waals surface area contributed by atoms with E-state index in [1.807, 2.05) is 30.3 Å². The molecule has 3 aromatic rings. The summed E-state index contributed by atoms with van der Waals surface area (Å²) in [7, 11) is -3.78. The molecular weight excluding hydrogens is 521 g/mol. The lowest BCUT2D eigenvalue weighted by Gasteiger charge is -2.38. The van der Waals surface area contributed by atoms with Crippen LogP contribution >= 0.6 is 0 Å². The van der Waals surface area contributed by atoms with Crippen molar-refractivity contribution in [3.63, 3.8) is 0 Å². The number of rotatable bonds is 7. The highest BCUT2D eigenvalue weighted by atomic mass is 32.2. The molecule has 0 saturated carbocycles. The van der Waals surface area contributed by atoms with Gasteiger partial charge in [-0.25, -0.2) is 12.8 Å². The van der Waals surface area contributed by atoms with Crippen LogP contribution < -0.4 is 15.0 Å². The average Bonchev–Trinajstić information content (AvgIpc) is 2.97. The molecule has 1 fully saturated rings. The number of hydrogen-bond acceptors (Lipinski definition) is 5. The number of benzene rings is 3. The molecule has 3 aromatic carbocycles. The largest absolute Gasteiger partial charge is 0.477 e. The van der Waals surface area contributed by atoms with Gasteiger partial charge in [0.2, 0.25) is 15.9 Å². The van der Waals surface area contributed by atoms with E-state index in [-0.39, 0.29) is 36.3 Å². The number of fused-ring (bicyclic) bond motifs is 1. The van der Waals surface area contributed by atoms with Gasteiger partial charge in [0.1, 0.15) is 11.6 Å². The number of carbonyl (C=O) groups excluding carboxylic acids is 2. The van der Waals surface area contributed by atoms with Crippen molar-refractivity contribution in [3.05, 3.63) is 90.2 Å². The SMILES string of the molecule is O=C(NCCc1ccccc1)C1CN(C(=O)C2CCN(S(=O)(=O)c3ccc(F)cc3)CC2)c2ccccc2O1. The predicted octanol–water partition coefficient (Wildman–Crippen LogP) is 3.38. The molecule has 0 spiro atoms. The number of piperidine rings is 1. The highest BCUT2D eigenvalue weighted by Crippen LogP contribution is 2.35. The summed E-state index contributed by atoms with van der Waals surface area (Å²) in [6, 6.07) is 21.7. The van der Waals surface area contributed by atoms with Crippen LogP contribution in [0.2, 0.25) is 0 Å². The standard InChI is InChI=1S/C29H30FN3O5S/c30-23-10-12-24(13-11-23)39(36,37)32-18-15-22(16-19-32)29(35)33-20-27(38-26-9-5-4-8-25(26)33)28(34)31-17-14-21-6-2-1-3-7-21/h1-13,22,27H,14-20H2,(H,31,34). The van der Waals surface area contributed by atoms with Crippen LogP contribution in [-0.2, 0) is 26.0 Å². The van der Waals surface area contributed by atoms with Crippen LogP contribution in [0.5, 0.6) is 5.75 Å². The average molecular weight is 552 g/mol. The van der Waals surface area contributed by atoms with Gasteiger partial charge in [-0.15, -0.1) is 0 Å². The second-order valence-electron chi connectivity index (χ2n) is 9.68. The molecule has 2 amide bonds. The van der Waals surface area contributed by atoms with Crippen LogP contribution in [-0.4, -0.2) is 56.8 Å². The van der Waals surface area contributed by atoms with E-state index in [1.165, 1.54) is 16.4 Å². The number of para-hydroxylation sites is 2. The summed E-state index contributed by atoms with van der Waals surface area (Å²) in [4.78, 5) is 28.3. The summed E-state index contributed by atoms with van der Waals surface area (Å²) in [6.07, 6.45) is 0.496. The first-order valence-corrected chi connectivity index (χ1v) is 14.4. The molecule has 204 valence electrons. The molecule has 0 bridgehead atoms. The molecule has 2 aliphatic heterocycles. The molecule has 1 N–H and O–H groups in total. The maximum Gasteiger partial charge on any atom is 0.262 e. The van der Waals surface area contributed by atoms with Crippen LogP contribution in [0.15, 0.2) is 83.8 Å². The van der Waals surface area contributed by atoms with Crippen molar-refractivity contribution in [2.75, 3.05) is 31.1 Å². The summed E-state index contributed by atoms with van der Waals surface area (Å²) < 4.78 is 46.5. The molecule has 39 heavy (non-hydrogen) atoms. The Labute approximate surface area is 227 Å². The quantitative estimate of drug-likeness (QED) is 0.486. The van der Waals surface area contributed by atoms with E-state index in [2.05, 4.69) is 5.32 Å². The molecule has 8 nitrogen and oxygen atoms in total. The lowest BCUT2D eigenvalue weighted by molar-refractivity contribution is -0.129. The Bertz CT molecular complexity index is 1420. The van der Waals surface area contributed by atoms with Gasteiger partial charge >= 0.3 is 0 Å². The molecule has 1 unspecified atom stereocenters. The first kappa shape index (κ1) is 26.8. The molecule has 1 atom stereocenters. The van der Waals surface area contributed by atoms with Gasteiger partial charge in [0.05, 0.1) is 17.1 Å². The topological polar surface area (TPSA) is 96.0 Å². The number of nitrogens with zero attached hydrogens (tertiary/aromatic N) is 2. The minimum Gasteiger partial charge on any atom is -0.477 e. The summed E-state index contributed by atoms with van der Waals surface area (Å²) in [6.45, 7) is 0.859. The second kappa shape index (κ2) is 11.5. The van der Waals surface area contributed by atoms with E-state index in [0.29, 0.717) is 37.2 Å². The second-order valence-corrected chi connectivity index (χ2v) is 11.6. The number of sulfonamides is 1. The van der Waals surface area contributed by atoms with E-state index in [1.54, 1.807) is 29.2 Å². The van der Waals surface area contributed by atoms with Crippen molar-refractivity contribution < 1.29 is 27.1 Å². The first-order valence-electron chi connectivity index (χ1n) is 13.0. The maximum absolute atomic E-state index is 13.7. The van der Waals surface area contributed by atoms with Gasteiger partial charge in [0.25, 0.3) is 5.91 Å². The number of anilines is 1. The smallest absolute Gasteiger partial charge is 0.262 e. The number of ether oxygens (including phenoxy) is 1. The monoisotopic (exact) mass is 551 g/mol. The van der Waals surface area contributed by atoms with Crippen LogP contribution in [0.3, 0.4) is 0 Å². The lowest BCUT2D eigenvalue weighted by atomic mass is 9.95. The zero-order valence-corrected chi connectivity index (χ0v) is 22.1. The molecule has 0 aliphatic carbocycles. The zero-order chi connectivity index (χ0) is 27.4. The van der Waals surface area contributed by atoms with Crippen LogP contribution in [0.4, 0.5) is 10.1 Å². The van der Waals surface area contributed by atoms with Crippen LogP contribution in [0.1, 0.15) is 18.4 Å². The lowest BCUT2D eigenvalue weighted by Crippen LogP contribution is -2.53. The molecular formula is C29H30FN3O5S. The van der Waals surface area contributed by atoms with Crippen molar-refractivity contribution in [1.82, 2.24) is 9.62 Å². The van der Waals surface area contributed by atoms with Crippen molar-refractivity contribution in [2.24, 2.45) is 5.92 Å². The van der Waals surface area contributed by atoms with E-state index < -0.39 is 27.9 Å². The van der Waals surface area contributed by atoms with E-state index >= 15 is 0 Å². The third kappa shape index (κ3) is 5.97. The first-order chi connectivity index (χ1) is 18.8. The van der Waals surface area contributed by atoms with Gasteiger partial charge in [-0.2, -0.15) is 4.31 Å². The van der Waals surface area contributed by atoms with Crippen LogP contribution in [0.25, 0.3) is 0 Å². The highest BCUT2D eigenvalue weighted by Gasteiger charge is 2.39. The predicted molar refractivity (Wildman–Crippen MR) is 144 cm³/mol. The van der Waals surface area contributed by atoms with E-state index in [4.69, 9.17) is 4.74 Å². The Morgan fingerprint density at radius 2 is 1.59 bits per heavy atom. The van der Waals surface area contributed by atoms with Gasteiger partial charge < -0.3 is 15.0 Å². The van der Waals surface area contributed by atoms with Gasteiger partial charge in [-0.05, 0) is 61.2 Å². The molecule has 1 saturated heterocycles. The third-order valence-electron chi connectivity index (χ3n) is 7.14. The molecule has 0 radical (unpaired) electrons. The molecule has 10 heteroatoms. The van der Waals surface area contributed by atoms with Crippen molar-refractivity contribution in [2.45, 2.75) is 30.3 Å². The number of hydrogen-bond donors (Lipinski definition) is 1. The fraction of sp³-hybridized carbons (Fsp3) is 0.310. The summed E-state index contributed by atoms with van der Waals surface area (Å²) in [5.41, 5.74) is 1.70. The Balaban J connectivity index is 1.23. The summed E-state index contributed by atoms with van der Waals surface area (Å²) >= 11 is 0. The Hall–Kier alpha value is -3.76. The minimum atomic E-state index is -3.78. The fourth-order valence-corrected chi connectivity index (χ4v) is 6.46. The van der Waals surface area contributed by atoms with Gasteiger partial charge in [-0.3, -0.25) is 9.59 Å². The zero-order valence-electron chi connectivity index (χ0n) is 21.3. The van der Waals surface area contributed by atoms with Gasteiger partial charge in [0.15, 0.2) is 6.10 Å². The molecule has 2 aliphatic rings. The normalized spacial score (nSPS) is 18.2. The molecule has 0 aromatic heterocycles. The molecule has 2 heterocycles. The van der Waals surface area contributed by atoms with Crippen molar-refractivity contribution in [1.29, 1.82) is 0 Å². The van der Waals surface area contributed by atoms with Gasteiger partial charge in [0, 0.05) is 25.6 Å². The Morgan fingerprint density at radius 1 is 0.923 bits per heavy atom. The summed E-state index contributed by atoms with van der Waals surface area (Å²) in [5, 5.41) is 2.91. The van der Waals surface area contributed by atoms with E-state index in [0.717, 1.165) is 17.7 Å². The van der Waals surface area contributed by atoms with E-state index in [9.17, 15) is 22.4 Å². The molecule has 5 rings (SSSR count). The Morgan fingerprint density at radius 3 is 2.31 bits per heavy atom. The van der Waals surface area contributed by atoms with Crippen molar-refractivity contribution >= 4 is 27.5 Å². The number of carbonyl (C=O) groups is 2. The number of nitrogens with one attached hydrogen (secondary N) is 1. The Kier molecular flexibility index (Phi) is 7.94. The number of amides is 2. The van der Waals surface area contributed by atoms with Gasteiger partial charge in [-0.1, -0.05) is 42.5 Å². The van der Waals surface area contributed by atoms with Crippen molar-refractivity contribution in [3.8, 4) is 5.75 Å². The minimum absolute atomic E-state index is 0.0249.